The van der Waals surface area contributed by atoms with Crippen molar-refractivity contribution in [3.63, 3.8) is 0 Å². The summed E-state index contributed by atoms with van der Waals surface area (Å²) in [5.41, 5.74) is 5.60. The number of benzene rings is 2. The number of fused-ring (bicyclic) bond motifs is 1. The van der Waals surface area contributed by atoms with Gasteiger partial charge in [-0.2, -0.15) is 0 Å². The van der Waals surface area contributed by atoms with Crippen molar-refractivity contribution in [1.29, 1.82) is 0 Å². The van der Waals surface area contributed by atoms with Crippen LogP contribution < -0.4 is 10.2 Å². The van der Waals surface area contributed by atoms with Gasteiger partial charge >= 0.3 is 0 Å². The Bertz CT molecular complexity index is 1010. The average molecular weight is 371 g/mol. The van der Waals surface area contributed by atoms with Crippen LogP contribution in [0.4, 0.5) is 11.4 Å². The summed E-state index contributed by atoms with van der Waals surface area (Å²) in [4.78, 5) is 30.3. The second-order valence-electron chi connectivity index (χ2n) is 6.77. The van der Waals surface area contributed by atoms with Gasteiger partial charge in [-0.15, -0.1) is 0 Å². The second-order valence-corrected chi connectivity index (χ2v) is 6.77. The van der Waals surface area contributed by atoms with Gasteiger partial charge in [-0.25, -0.2) is 0 Å². The molecule has 140 valence electrons. The summed E-state index contributed by atoms with van der Waals surface area (Å²) in [6.45, 7) is 2.64. The minimum atomic E-state index is -0.165. The summed E-state index contributed by atoms with van der Waals surface area (Å²) in [5.74, 6) is -0.00213. The fourth-order valence-electron chi connectivity index (χ4n) is 3.49. The highest BCUT2D eigenvalue weighted by Gasteiger charge is 2.23. The molecule has 0 atom stereocenters. The van der Waals surface area contributed by atoms with Crippen molar-refractivity contribution < 1.29 is 9.59 Å². The van der Waals surface area contributed by atoms with Crippen molar-refractivity contribution in [2.45, 2.75) is 19.8 Å². The lowest BCUT2D eigenvalue weighted by atomic mass is 10.0. The molecule has 1 aliphatic rings. The predicted molar refractivity (Wildman–Crippen MR) is 110 cm³/mol. The van der Waals surface area contributed by atoms with E-state index < -0.39 is 0 Å². The molecule has 5 nitrogen and oxygen atoms in total. The average Bonchev–Trinajstić information content (AvgIpc) is 3.17. The van der Waals surface area contributed by atoms with Gasteiger partial charge in [0.1, 0.15) is 0 Å². The van der Waals surface area contributed by atoms with Crippen LogP contribution in [0.2, 0.25) is 0 Å². The lowest BCUT2D eigenvalue weighted by Gasteiger charge is -2.16. The van der Waals surface area contributed by atoms with Crippen LogP contribution in [-0.2, 0) is 11.2 Å². The van der Waals surface area contributed by atoms with Crippen LogP contribution in [0.5, 0.6) is 0 Å². The van der Waals surface area contributed by atoms with Gasteiger partial charge in [0, 0.05) is 30.4 Å². The monoisotopic (exact) mass is 371 g/mol. The normalized spacial score (nSPS) is 12.5. The van der Waals surface area contributed by atoms with E-state index >= 15 is 0 Å². The zero-order valence-corrected chi connectivity index (χ0v) is 15.7. The molecule has 1 aromatic heterocycles. The van der Waals surface area contributed by atoms with Gasteiger partial charge in [0.25, 0.3) is 5.91 Å². The number of aromatic nitrogens is 1. The second kappa shape index (κ2) is 7.64. The van der Waals surface area contributed by atoms with Crippen molar-refractivity contribution in [2.24, 2.45) is 0 Å². The van der Waals surface area contributed by atoms with Gasteiger partial charge in [-0.3, -0.25) is 14.6 Å². The van der Waals surface area contributed by atoms with E-state index in [1.807, 2.05) is 48.2 Å². The van der Waals surface area contributed by atoms with Gasteiger partial charge in [-0.05, 0) is 59.5 Å². The van der Waals surface area contributed by atoms with Gasteiger partial charge in [0.2, 0.25) is 5.91 Å². The maximum Gasteiger partial charge on any atom is 0.255 e. The number of carbonyl (C=O) groups is 2. The quantitative estimate of drug-likeness (QED) is 0.744. The zero-order chi connectivity index (χ0) is 19.5. The molecule has 0 unspecified atom stereocenters. The predicted octanol–water partition coefficient (Wildman–Crippen LogP) is 4.30. The number of anilines is 2. The number of amides is 2. The summed E-state index contributed by atoms with van der Waals surface area (Å²) in [7, 11) is 0. The van der Waals surface area contributed by atoms with Crippen molar-refractivity contribution in [2.75, 3.05) is 16.8 Å². The number of pyridine rings is 1. The Kier molecular flexibility index (Phi) is 4.89. The third-order valence-electron chi connectivity index (χ3n) is 4.98. The molecule has 0 saturated heterocycles. The van der Waals surface area contributed by atoms with Crippen molar-refractivity contribution in [3.05, 3.63) is 78.1 Å². The Morgan fingerprint density at radius 1 is 1.07 bits per heavy atom. The van der Waals surface area contributed by atoms with E-state index in [2.05, 4.69) is 16.4 Å². The summed E-state index contributed by atoms with van der Waals surface area (Å²) >= 11 is 0. The molecule has 28 heavy (non-hydrogen) atoms. The van der Waals surface area contributed by atoms with Crippen LogP contribution in [0.1, 0.15) is 29.3 Å². The van der Waals surface area contributed by atoms with Gasteiger partial charge in [0.15, 0.2) is 0 Å². The first-order chi connectivity index (χ1) is 13.7. The van der Waals surface area contributed by atoms with Crippen molar-refractivity contribution >= 4 is 23.2 Å². The van der Waals surface area contributed by atoms with E-state index in [0.29, 0.717) is 17.7 Å². The molecule has 0 saturated carbocycles. The number of hydrogen-bond donors (Lipinski definition) is 1. The molecule has 0 spiro atoms. The molecule has 1 N–H and O–H groups in total. The highest BCUT2D eigenvalue weighted by Crippen LogP contribution is 2.32. The number of hydrogen-bond acceptors (Lipinski definition) is 3. The standard InChI is InChI=1S/C23H21N3O2/c1-2-22(27)26-13-11-19-14-18(9-10-21(19)26)16-5-7-17(8-6-16)23(28)25-20-4-3-12-24-15-20/h3-10,12,14-15H,2,11,13H2,1H3,(H,25,28). The molecule has 4 rings (SSSR count). The molecular weight excluding hydrogens is 350 g/mol. The van der Waals surface area contributed by atoms with E-state index in [1.165, 1.54) is 5.56 Å². The Labute approximate surface area is 164 Å². The maximum atomic E-state index is 12.4. The number of rotatable bonds is 4. The molecule has 1 aliphatic heterocycles. The van der Waals surface area contributed by atoms with Crippen LogP contribution in [0.3, 0.4) is 0 Å². The molecule has 0 radical (unpaired) electrons. The fourth-order valence-corrected chi connectivity index (χ4v) is 3.49. The van der Waals surface area contributed by atoms with Gasteiger partial charge in [0.05, 0.1) is 11.9 Å². The topological polar surface area (TPSA) is 62.3 Å². The molecule has 0 bridgehead atoms. The third-order valence-corrected chi connectivity index (χ3v) is 4.98. The number of nitrogens with zero attached hydrogens (tertiary/aromatic N) is 2. The van der Waals surface area contributed by atoms with Crippen LogP contribution in [0, 0.1) is 0 Å². The smallest absolute Gasteiger partial charge is 0.255 e. The maximum absolute atomic E-state index is 12.4. The first kappa shape index (κ1) is 17.9. The minimum absolute atomic E-state index is 0.162. The first-order valence-electron chi connectivity index (χ1n) is 9.41. The van der Waals surface area contributed by atoms with Crippen molar-refractivity contribution in [1.82, 2.24) is 4.98 Å². The minimum Gasteiger partial charge on any atom is -0.321 e. The van der Waals surface area contributed by atoms with Crippen molar-refractivity contribution in [3.8, 4) is 11.1 Å². The highest BCUT2D eigenvalue weighted by atomic mass is 16.2. The summed E-state index contributed by atoms with van der Waals surface area (Å²) in [5, 5.41) is 2.83. The summed E-state index contributed by atoms with van der Waals surface area (Å²) in [6.07, 6.45) is 4.67. The molecule has 2 aromatic carbocycles. The molecular formula is C23H21N3O2. The fraction of sp³-hybridized carbons (Fsp3) is 0.174. The van der Waals surface area contributed by atoms with Crippen LogP contribution in [-0.4, -0.2) is 23.3 Å². The summed E-state index contributed by atoms with van der Waals surface area (Å²) in [6, 6.07) is 17.3. The van der Waals surface area contributed by atoms with E-state index in [-0.39, 0.29) is 11.8 Å². The van der Waals surface area contributed by atoms with E-state index in [4.69, 9.17) is 0 Å². The molecule has 2 amide bonds. The highest BCUT2D eigenvalue weighted by molar-refractivity contribution is 6.04. The largest absolute Gasteiger partial charge is 0.321 e. The molecule has 0 fully saturated rings. The Morgan fingerprint density at radius 3 is 2.57 bits per heavy atom. The molecule has 0 aliphatic carbocycles. The van der Waals surface area contributed by atoms with E-state index in [9.17, 15) is 9.59 Å². The Hall–Kier alpha value is -3.47. The third kappa shape index (κ3) is 3.51. The van der Waals surface area contributed by atoms with Crippen LogP contribution in [0.25, 0.3) is 11.1 Å². The number of carbonyl (C=O) groups excluding carboxylic acids is 2. The van der Waals surface area contributed by atoms with E-state index in [1.54, 1.807) is 24.5 Å². The Balaban J connectivity index is 1.52. The lowest BCUT2D eigenvalue weighted by molar-refractivity contribution is -0.118. The molecule has 2 heterocycles. The lowest BCUT2D eigenvalue weighted by Crippen LogP contribution is -2.27. The Morgan fingerprint density at radius 2 is 1.86 bits per heavy atom. The first-order valence-corrected chi connectivity index (χ1v) is 9.41. The number of nitrogens with one attached hydrogen (secondary N) is 1. The SMILES string of the molecule is CCC(=O)N1CCc2cc(-c3ccc(C(=O)Nc4cccnc4)cc3)ccc21. The molecule has 5 heteroatoms. The van der Waals surface area contributed by atoms with Crippen LogP contribution >= 0.6 is 0 Å². The van der Waals surface area contributed by atoms with Gasteiger partial charge < -0.3 is 10.2 Å². The van der Waals surface area contributed by atoms with Crippen LogP contribution in [0.15, 0.2) is 67.0 Å². The zero-order valence-electron chi connectivity index (χ0n) is 15.7. The van der Waals surface area contributed by atoms with E-state index in [0.717, 1.165) is 29.8 Å². The van der Waals surface area contributed by atoms with Gasteiger partial charge in [-0.1, -0.05) is 25.1 Å². The molecule has 3 aromatic rings. The summed E-state index contributed by atoms with van der Waals surface area (Å²) < 4.78 is 0.